The lowest BCUT2D eigenvalue weighted by molar-refractivity contribution is -0.151. The molecule has 30 heteroatoms. The van der Waals surface area contributed by atoms with E-state index in [0.717, 1.165) is 16.9 Å². The number of alkyl halides is 2. The average Bonchev–Trinajstić information content (AvgIpc) is 1.65. The molecule has 6 aromatic carbocycles. The van der Waals surface area contributed by atoms with Gasteiger partial charge in [-0.2, -0.15) is 5.90 Å². The first kappa shape index (κ1) is 70.7. The predicted molar refractivity (Wildman–Crippen MR) is 366 cm³/mol. The molecule has 97 heavy (non-hydrogen) atoms. The number of ether oxygens (including phenoxy) is 1. The second-order valence-electron chi connectivity index (χ2n) is 23.4. The van der Waals surface area contributed by atoms with Crippen molar-refractivity contribution in [1.82, 2.24) is 15.5 Å². The van der Waals surface area contributed by atoms with E-state index < -0.39 is 63.5 Å². The van der Waals surface area contributed by atoms with Crippen LogP contribution in [0.1, 0.15) is 91.0 Å². The van der Waals surface area contributed by atoms with Crippen molar-refractivity contribution in [2.75, 3.05) is 64.9 Å². The Morgan fingerprint density at radius 1 is 0.742 bits per heavy atom. The molecule has 3 aliphatic heterocycles. The van der Waals surface area contributed by atoms with Gasteiger partial charge >= 0.3 is 22.5 Å². The summed E-state index contributed by atoms with van der Waals surface area (Å²) < 4.78 is 28.3. The van der Waals surface area contributed by atoms with Crippen molar-refractivity contribution < 1.29 is 81.1 Å². The van der Waals surface area contributed by atoms with Crippen molar-refractivity contribution in [3.8, 4) is 11.5 Å². The Morgan fingerprint density at radius 3 is 1.94 bits per heavy atom. The molecule has 26 nitrogen and oxygen atoms in total. The minimum atomic E-state index is -5.03. The second kappa shape index (κ2) is 31.9. The van der Waals surface area contributed by atoms with E-state index in [1.54, 1.807) is 84.9 Å². The first-order chi connectivity index (χ1) is 46.7. The molecule has 6 aromatic rings. The maximum atomic E-state index is 14.3. The van der Waals surface area contributed by atoms with Crippen LogP contribution in [0.2, 0.25) is 0 Å². The Morgan fingerprint density at radius 2 is 1.35 bits per heavy atom. The van der Waals surface area contributed by atoms with Crippen LogP contribution in [0.15, 0.2) is 132 Å². The molecule has 0 aromatic heterocycles. The molecule has 3 atom stereocenters. The number of carbonyl (C=O) groups excluding carboxylic acids is 8. The standard InChI is InChI=1S/C67H69Cl2N9O17P2/c68-35-44-37-77(53-33-55(94-96(87)88)47-10-2-4-12-49(47)61(44)53)60(82)24-20-43-19-15-41(18-23-59(81)78-38-45(36-69)62-50-13-5-3-11-48(50)56(34-54(62)78)95-97(89,90)91)32-52(43)75-66(86)92-39-42-16-21-46(22-17-42)73-63(83)51(14-8-29-71-40-93-70)74-65(85)67(27-9-28-67)64(84)72-30-6-1-7-31-76-57(79)25-26-58(76)80/h2-5,10-13,15-26,32-34,40,44-45,51,87-88H,1,6-9,14,27-31,35-39,70H2,(H,72,84)(H,73,83)(H,74,85)(H,75,86)(H2,89,90,91)/b23-18+,24-20+,71-40?/t44-,45-,51+/m1/s1. The van der Waals surface area contributed by atoms with Crippen LogP contribution in [0.5, 0.6) is 11.5 Å². The van der Waals surface area contributed by atoms with E-state index in [4.69, 9.17) is 42.9 Å². The fourth-order valence-corrected chi connectivity index (χ4v) is 13.5. The predicted octanol–water partition coefficient (Wildman–Crippen LogP) is 9.07. The van der Waals surface area contributed by atoms with Crippen LogP contribution in [-0.4, -0.2) is 129 Å². The molecule has 1 saturated carbocycles. The van der Waals surface area contributed by atoms with Gasteiger partial charge in [-0.1, -0.05) is 79.2 Å². The largest absolute Gasteiger partial charge is 0.524 e. The smallest absolute Gasteiger partial charge is 0.444 e. The number of rotatable bonds is 29. The minimum absolute atomic E-state index is 0.119. The van der Waals surface area contributed by atoms with Crippen LogP contribution in [0.4, 0.5) is 27.5 Å². The Labute approximate surface area is 567 Å². The van der Waals surface area contributed by atoms with E-state index in [2.05, 4.69) is 31.1 Å². The molecular weight excluding hydrogens is 1340 g/mol. The van der Waals surface area contributed by atoms with Crippen molar-refractivity contribution in [2.24, 2.45) is 16.3 Å². The minimum Gasteiger partial charge on any atom is -0.444 e. The van der Waals surface area contributed by atoms with Crippen LogP contribution in [0.25, 0.3) is 33.7 Å². The summed E-state index contributed by atoms with van der Waals surface area (Å²) in [6, 6.07) is 27.0. The van der Waals surface area contributed by atoms with E-state index in [0.29, 0.717) is 93.0 Å². The molecular formula is C67H69Cl2N9O17P2. The van der Waals surface area contributed by atoms with Gasteiger partial charge in [0.15, 0.2) is 6.40 Å². The quantitative estimate of drug-likeness (QED) is 0.00243. The van der Waals surface area contributed by atoms with Gasteiger partial charge in [0, 0.05) is 109 Å². The summed E-state index contributed by atoms with van der Waals surface area (Å²) >= 11 is 13.0. The van der Waals surface area contributed by atoms with Crippen LogP contribution < -0.4 is 46.0 Å². The number of imide groups is 1. The summed E-state index contributed by atoms with van der Waals surface area (Å²) in [7, 11) is -7.85. The molecule has 4 aliphatic rings. The topological polar surface area (TPSA) is 368 Å². The van der Waals surface area contributed by atoms with E-state index in [1.165, 1.54) is 52.3 Å². The number of benzene rings is 6. The van der Waals surface area contributed by atoms with Gasteiger partial charge in [-0.25, -0.2) is 9.36 Å². The number of halogens is 2. The third-order valence-electron chi connectivity index (χ3n) is 17.1. The number of nitrogens with one attached hydrogen (secondary N) is 4. The van der Waals surface area contributed by atoms with Crippen LogP contribution in [-0.2, 0) is 54.3 Å². The summed E-state index contributed by atoms with van der Waals surface area (Å²) in [4.78, 5) is 160. The third-order valence-corrected chi connectivity index (χ3v) is 18.7. The fraction of sp³-hybridized carbons (Fsp3) is 0.299. The summed E-state index contributed by atoms with van der Waals surface area (Å²) in [5, 5.41) is 13.6. The van der Waals surface area contributed by atoms with Crippen LogP contribution in [0, 0.1) is 5.41 Å². The highest BCUT2D eigenvalue weighted by Gasteiger charge is 2.51. The van der Waals surface area contributed by atoms with Crippen molar-refractivity contribution >= 4 is 150 Å². The zero-order valence-electron chi connectivity index (χ0n) is 52.0. The molecule has 508 valence electrons. The van der Waals surface area contributed by atoms with Gasteiger partial charge in [-0.3, -0.25) is 58.6 Å². The van der Waals surface area contributed by atoms with Crippen molar-refractivity contribution in [3.05, 3.63) is 155 Å². The second-order valence-corrected chi connectivity index (χ2v) is 25.8. The lowest BCUT2D eigenvalue weighted by Gasteiger charge is -2.39. The highest BCUT2D eigenvalue weighted by Crippen LogP contribution is 2.50. The van der Waals surface area contributed by atoms with Gasteiger partial charge in [-0.05, 0) is 114 Å². The van der Waals surface area contributed by atoms with Crippen LogP contribution in [0.3, 0.4) is 0 Å². The molecule has 0 radical (unpaired) electrons. The first-order valence-electron chi connectivity index (χ1n) is 31.0. The number of aliphatic imine (C=N–C) groups is 1. The SMILES string of the molecule is NOC=NCCC[C@H](NC(=O)C1(C(=O)NCCCCCN2C(=O)C=CC2=O)CCC1)C(=O)Nc1ccc(COC(=O)Nc2cc(/C=C/C(=O)N3C[C@@H](CCl)c4c3cc(OP(=O)(O)O)c3ccccc43)ccc2/C=C/C(=O)N2C[C@@H](CCl)c3c2cc(OP(O)O)c2ccccc32)cc1. The molecule has 0 unspecified atom stereocenters. The highest BCUT2D eigenvalue weighted by atomic mass is 35.5. The molecule has 0 saturated heterocycles. The number of nitrogens with zero attached hydrogens (tertiary/aromatic N) is 4. The molecule has 10 rings (SSSR count). The van der Waals surface area contributed by atoms with E-state index in [-0.39, 0.29) is 111 Å². The monoisotopic (exact) mass is 1400 g/mol. The highest BCUT2D eigenvalue weighted by molar-refractivity contribution is 7.46. The van der Waals surface area contributed by atoms with Crippen LogP contribution >= 0.6 is 39.6 Å². The number of unbranched alkanes of at least 4 members (excludes halogenated alkanes) is 2. The van der Waals surface area contributed by atoms with Gasteiger partial charge in [0.25, 0.3) is 23.6 Å². The van der Waals surface area contributed by atoms with Gasteiger partial charge in [0.1, 0.15) is 29.6 Å². The number of phosphoric ester groups is 1. The van der Waals surface area contributed by atoms with E-state index in [9.17, 15) is 62.5 Å². The van der Waals surface area contributed by atoms with E-state index >= 15 is 0 Å². The molecule has 3 heterocycles. The normalized spacial score (nSPS) is 16.7. The summed E-state index contributed by atoms with van der Waals surface area (Å²) in [5.41, 5.74) is 2.57. The number of fused-ring (bicyclic) bond motifs is 6. The number of hydrogen-bond acceptors (Lipinski definition) is 17. The molecule has 8 amide bonds. The fourth-order valence-electron chi connectivity index (χ4n) is 12.2. The number of carbonyl (C=O) groups is 8. The van der Waals surface area contributed by atoms with Crippen molar-refractivity contribution in [3.63, 3.8) is 0 Å². The zero-order valence-corrected chi connectivity index (χ0v) is 55.3. The maximum absolute atomic E-state index is 14.3. The number of phosphoric acid groups is 1. The molecule has 0 spiro atoms. The number of nitrogens with two attached hydrogens (primary N) is 1. The van der Waals surface area contributed by atoms with Gasteiger partial charge in [0.2, 0.25) is 17.7 Å². The lowest BCUT2D eigenvalue weighted by Crippen LogP contribution is -2.58. The maximum Gasteiger partial charge on any atom is 0.524 e. The Balaban J connectivity index is 0.831. The van der Waals surface area contributed by atoms with Crippen molar-refractivity contribution in [1.29, 1.82) is 0 Å². The zero-order chi connectivity index (χ0) is 69.0. The van der Waals surface area contributed by atoms with E-state index in [1.807, 2.05) is 12.1 Å². The Bertz CT molecular complexity index is 4180. The summed E-state index contributed by atoms with van der Waals surface area (Å²) in [6.45, 7) is 0.763. The number of anilines is 4. The van der Waals surface area contributed by atoms with Gasteiger partial charge in [0.05, 0.1) is 17.1 Å². The summed E-state index contributed by atoms with van der Waals surface area (Å²) in [5.74, 6) is 1.33. The van der Waals surface area contributed by atoms with Gasteiger partial charge < -0.3 is 54.2 Å². The average molecular weight is 1410 g/mol. The van der Waals surface area contributed by atoms with Crippen molar-refractivity contribution in [2.45, 2.75) is 75.9 Å². The molecule has 1 aliphatic carbocycles. The number of amides is 8. The number of hydrogen-bond donors (Lipinski definition) is 9. The Hall–Kier alpha value is -9.07. The molecule has 10 N–H and O–H groups in total. The van der Waals surface area contributed by atoms with Gasteiger partial charge in [-0.15, -0.1) is 23.2 Å². The Kier molecular flexibility index (Phi) is 23.2. The third kappa shape index (κ3) is 16.8. The first-order valence-corrected chi connectivity index (χ1v) is 34.7. The molecule has 1 fully saturated rings. The lowest BCUT2D eigenvalue weighted by atomic mass is 9.67. The summed E-state index contributed by atoms with van der Waals surface area (Å²) in [6.07, 6.45) is 11.4. The molecule has 0 bridgehead atoms.